The van der Waals surface area contributed by atoms with E-state index in [9.17, 15) is 0 Å². The van der Waals surface area contributed by atoms with Crippen LogP contribution in [0.2, 0.25) is 0 Å². The fourth-order valence-electron chi connectivity index (χ4n) is 3.69. The maximum Gasteiger partial charge on any atom is 0.0296 e. The first-order valence-electron chi connectivity index (χ1n) is 7.46. The molecule has 0 saturated heterocycles. The largest absolute Gasteiger partial charge is 0.328 e. The minimum Gasteiger partial charge on any atom is -0.328 e. The minimum absolute atomic E-state index is 0.196. The van der Waals surface area contributed by atoms with Crippen molar-refractivity contribution in [3.05, 3.63) is 0 Å². The zero-order valence-corrected chi connectivity index (χ0v) is 11.9. The van der Waals surface area contributed by atoms with Crippen molar-refractivity contribution >= 4 is 0 Å². The molecule has 2 aliphatic rings. The van der Waals surface area contributed by atoms with Crippen LogP contribution in [0, 0.1) is 5.92 Å². The van der Waals surface area contributed by atoms with Gasteiger partial charge in [0.2, 0.25) is 0 Å². The van der Waals surface area contributed by atoms with Crippen molar-refractivity contribution in [2.75, 3.05) is 0 Å². The van der Waals surface area contributed by atoms with E-state index in [1.807, 2.05) is 0 Å². The number of nitrogens with two attached hydrogens (primary N) is 3. The number of hydrogen-bond acceptors (Lipinski definition) is 4. The summed E-state index contributed by atoms with van der Waals surface area (Å²) < 4.78 is 0. The van der Waals surface area contributed by atoms with Gasteiger partial charge in [-0.3, -0.25) is 0 Å². The van der Waals surface area contributed by atoms with E-state index in [2.05, 4.69) is 19.2 Å². The van der Waals surface area contributed by atoms with E-state index in [-0.39, 0.29) is 17.6 Å². The first-order chi connectivity index (χ1) is 8.40. The molecule has 2 aliphatic carbocycles. The van der Waals surface area contributed by atoms with Crippen molar-refractivity contribution in [1.82, 2.24) is 5.32 Å². The van der Waals surface area contributed by atoms with Crippen molar-refractivity contribution in [3.8, 4) is 0 Å². The van der Waals surface area contributed by atoms with Gasteiger partial charge in [0.25, 0.3) is 0 Å². The molecule has 0 bridgehead atoms. The van der Waals surface area contributed by atoms with E-state index >= 15 is 0 Å². The van der Waals surface area contributed by atoms with Gasteiger partial charge < -0.3 is 22.5 Å². The molecule has 4 unspecified atom stereocenters. The van der Waals surface area contributed by atoms with E-state index in [4.69, 9.17) is 17.2 Å². The molecule has 0 aromatic carbocycles. The van der Waals surface area contributed by atoms with Gasteiger partial charge in [-0.15, -0.1) is 0 Å². The van der Waals surface area contributed by atoms with Gasteiger partial charge in [0.1, 0.15) is 0 Å². The van der Waals surface area contributed by atoms with Crippen LogP contribution in [0.3, 0.4) is 0 Å². The molecule has 0 radical (unpaired) electrons. The van der Waals surface area contributed by atoms with E-state index in [1.165, 1.54) is 19.3 Å². The molecular formula is C14H30N4. The van der Waals surface area contributed by atoms with Crippen LogP contribution >= 0.6 is 0 Å². The van der Waals surface area contributed by atoms with Crippen LogP contribution in [0.25, 0.3) is 0 Å². The molecule has 0 amide bonds. The maximum atomic E-state index is 6.43. The summed E-state index contributed by atoms with van der Waals surface area (Å²) in [5.74, 6) is 0.617. The van der Waals surface area contributed by atoms with Crippen LogP contribution in [0.1, 0.15) is 52.4 Å². The molecule has 2 fully saturated rings. The summed E-state index contributed by atoms with van der Waals surface area (Å²) in [5.41, 5.74) is 18.6. The third-order valence-corrected chi connectivity index (χ3v) is 5.04. The van der Waals surface area contributed by atoms with Gasteiger partial charge in [-0.25, -0.2) is 0 Å². The summed E-state index contributed by atoms with van der Waals surface area (Å²) in [6.45, 7) is 4.39. The molecule has 7 N–H and O–H groups in total. The van der Waals surface area contributed by atoms with E-state index in [0.717, 1.165) is 19.3 Å². The Labute approximate surface area is 111 Å². The SMILES string of the molecule is C[C@H]1CCCC(NC2CCC(N)C[C@]2(C)N)C1N. The Bertz CT molecular complexity index is 279. The fourth-order valence-corrected chi connectivity index (χ4v) is 3.69. The Morgan fingerprint density at radius 3 is 2.50 bits per heavy atom. The number of nitrogens with one attached hydrogen (secondary N) is 1. The summed E-state index contributed by atoms with van der Waals surface area (Å²) in [6.07, 6.45) is 6.77. The van der Waals surface area contributed by atoms with E-state index in [0.29, 0.717) is 18.0 Å². The van der Waals surface area contributed by atoms with Crippen molar-refractivity contribution in [2.45, 2.75) is 82.1 Å². The predicted octanol–water partition coefficient (Wildman–Crippen LogP) is 0.689. The second-order valence-corrected chi connectivity index (χ2v) is 6.86. The molecule has 0 aromatic heterocycles. The first-order valence-corrected chi connectivity index (χ1v) is 7.46. The van der Waals surface area contributed by atoms with Crippen LogP contribution in [0.4, 0.5) is 0 Å². The second-order valence-electron chi connectivity index (χ2n) is 6.86. The second kappa shape index (κ2) is 5.45. The molecule has 2 rings (SSSR count). The summed E-state index contributed by atoms with van der Waals surface area (Å²) in [7, 11) is 0. The van der Waals surface area contributed by atoms with Gasteiger partial charge in [0.15, 0.2) is 0 Å². The average molecular weight is 254 g/mol. The quantitative estimate of drug-likeness (QED) is 0.583. The molecule has 6 atom stereocenters. The molecule has 4 nitrogen and oxygen atoms in total. The van der Waals surface area contributed by atoms with Crippen LogP contribution in [0.15, 0.2) is 0 Å². The lowest BCUT2D eigenvalue weighted by molar-refractivity contribution is 0.164. The summed E-state index contributed by atoms with van der Waals surface area (Å²) in [6, 6.07) is 1.32. The molecule has 0 aliphatic heterocycles. The van der Waals surface area contributed by atoms with Gasteiger partial charge >= 0.3 is 0 Å². The van der Waals surface area contributed by atoms with Crippen molar-refractivity contribution in [3.63, 3.8) is 0 Å². The van der Waals surface area contributed by atoms with Crippen LogP contribution in [-0.2, 0) is 0 Å². The molecular weight excluding hydrogens is 224 g/mol. The lowest BCUT2D eigenvalue weighted by Crippen LogP contribution is -2.65. The zero-order chi connectivity index (χ0) is 13.3. The van der Waals surface area contributed by atoms with Gasteiger partial charge in [-0.1, -0.05) is 13.3 Å². The zero-order valence-electron chi connectivity index (χ0n) is 11.9. The molecule has 0 heterocycles. The van der Waals surface area contributed by atoms with Crippen molar-refractivity contribution < 1.29 is 0 Å². The Balaban J connectivity index is 1.96. The standard InChI is InChI=1S/C14H30N4/c1-9-4-3-5-11(13(9)16)18-12-7-6-10(15)8-14(12,2)17/h9-13,18H,3-8,15-17H2,1-2H3/t9-,10?,11?,12?,13?,14-/m0/s1. The number of hydrogen-bond donors (Lipinski definition) is 4. The van der Waals surface area contributed by atoms with Crippen LogP contribution < -0.4 is 22.5 Å². The monoisotopic (exact) mass is 254 g/mol. The highest BCUT2D eigenvalue weighted by molar-refractivity contribution is 5.02. The smallest absolute Gasteiger partial charge is 0.0296 e. The Kier molecular flexibility index (Phi) is 4.32. The minimum atomic E-state index is -0.196. The van der Waals surface area contributed by atoms with E-state index in [1.54, 1.807) is 0 Å². The molecule has 106 valence electrons. The molecule has 4 heteroatoms. The molecule has 0 aromatic rings. The van der Waals surface area contributed by atoms with Gasteiger partial charge in [-0.05, 0) is 44.9 Å². The highest BCUT2D eigenvalue weighted by Gasteiger charge is 2.39. The Morgan fingerprint density at radius 1 is 1.11 bits per heavy atom. The highest BCUT2D eigenvalue weighted by Crippen LogP contribution is 2.29. The average Bonchev–Trinajstić information content (AvgIpc) is 2.27. The number of rotatable bonds is 2. The van der Waals surface area contributed by atoms with Crippen molar-refractivity contribution in [1.29, 1.82) is 0 Å². The molecule has 0 spiro atoms. The summed E-state index contributed by atoms with van der Waals surface area (Å²) in [4.78, 5) is 0. The lowest BCUT2D eigenvalue weighted by atomic mass is 9.75. The third kappa shape index (κ3) is 3.05. The van der Waals surface area contributed by atoms with Crippen LogP contribution in [-0.4, -0.2) is 29.7 Å². The fraction of sp³-hybridized carbons (Fsp3) is 1.00. The normalized spacial score (nSPS) is 50.2. The topological polar surface area (TPSA) is 90.1 Å². The van der Waals surface area contributed by atoms with Gasteiger partial charge in [-0.2, -0.15) is 0 Å². The maximum absolute atomic E-state index is 6.43. The molecule has 2 saturated carbocycles. The predicted molar refractivity (Wildman–Crippen MR) is 76.1 cm³/mol. The summed E-state index contributed by atoms with van der Waals surface area (Å²) in [5, 5.41) is 3.74. The van der Waals surface area contributed by atoms with Gasteiger partial charge in [0.05, 0.1) is 0 Å². The summed E-state index contributed by atoms with van der Waals surface area (Å²) >= 11 is 0. The highest BCUT2D eigenvalue weighted by atomic mass is 15.1. The lowest BCUT2D eigenvalue weighted by Gasteiger charge is -2.45. The van der Waals surface area contributed by atoms with Crippen LogP contribution in [0.5, 0.6) is 0 Å². The Morgan fingerprint density at radius 2 is 1.83 bits per heavy atom. The Hall–Kier alpha value is -0.160. The first kappa shape index (κ1) is 14.3. The molecule has 18 heavy (non-hydrogen) atoms. The van der Waals surface area contributed by atoms with Crippen molar-refractivity contribution in [2.24, 2.45) is 23.1 Å². The van der Waals surface area contributed by atoms with E-state index < -0.39 is 0 Å². The third-order valence-electron chi connectivity index (χ3n) is 5.04. The van der Waals surface area contributed by atoms with Gasteiger partial charge in [0, 0.05) is 29.7 Å².